The molecule has 0 aromatic rings. The molecule has 8 atom stereocenters. The Morgan fingerprint density at radius 1 is 0.600 bits per heavy atom. The Kier molecular flexibility index (Phi) is 4.04. The Balaban J connectivity index is 1.41. The van der Waals surface area contributed by atoms with Crippen molar-refractivity contribution < 1.29 is 19.1 Å². The van der Waals surface area contributed by atoms with Crippen molar-refractivity contribution in [3.63, 3.8) is 0 Å². The summed E-state index contributed by atoms with van der Waals surface area (Å²) >= 11 is 0. The van der Waals surface area contributed by atoms with Gasteiger partial charge in [0.25, 0.3) is 0 Å². The summed E-state index contributed by atoms with van der Waals surface area (Å²) in [7, 11) is 0. The maximum atomic E-state index is 12.2. The molecule has 2 heterocycles. The summed E-state index contributed by atoms with van der Waals surface area (Å²) in [5.41, 5.74) is 6.47. The van der Waals surface area contributed by atoms with Gasteiger partial charge in [0, 0.05) is 37.5 Å². The Bertz CT molecular complexity index is 809. The molecule has 4 nitrogen and oxygen atoms in total. The summed E-state index contributed by atoms with van der Waals surface area (Å²) < 4.78 is 13.4. The number of fused-ring (bicyclic) bond motifs is 4. The molecule has 5 aliphatic carbocycles. The maximum absolute atomic E-state index is 12.2. The van der Waals surface area contributed by atoms with Gasteiger partial charge in [-0.15, -0.1) is 0 Å². The Morgan fingerprint density at radius 3 is 1.53 bits per heavy atom. The first kappa shape index (κ1) is 18.3. The van der Waals surface area contributed by atoms with E-state index in [2.05, 4.69) is 0 Å². The van der Waals surface area contributed by atoms with Gasteiger partial charge in [-0.1, -0.05) is 24.0 Å². The van der Waals surface area contributed by atoms with E-state index in [1.165, 1.54) is 36.8 Å². The van der Waals surface area contributed by atoms with Crippen molar-refractivity contribution in [3.8, 4) is 0 Å². The van der Waals surface area contributed by atoms with Crippen LogP contribution in [0.4, 0.5) is 0 Å². The van der Waals surface area contributed by atoms with E-state index >= 15 is 0 Å². The van der Waals surface area contributed by atoms with Crippen LogP contribution in [0.1, 0.15) is 77.0 Å². The normalized spacial score (nSPS) is 47.3. The zero-order valence-electron chi connectivity index (χ0n) is 17.7. The van der Waals surface area contributed by atoms with Crippen LogP contribution < -0.4 is 0 Å². The second-order valence-corrected chi connectivity index (χ2v) is 10.9. The molecule has 0 amide bonds. The largest absolute Gasteiger partial charge is 0.370 e. The highest BCUT2D eigenvalue weighted by Crippen LogP contribution is 2.62. The number of ether oxygens (including phenoxy) is 2. The Labute approximate surface area is 178 Å². The molecule has 7 rings (SSSR count). The van der Waals surface area contributed by atoms with Crippen LogP contribution in [0.25, 0.3) is 0 Å². The first-order valence-corrected chi connectivity index (χ1v) is 12.5. The molecule has 4 heteroatoms. The van der Waals surface area contributed by atoms with Crippen molar-refractivity contribution in [3.05, 3.63) is 22.3 Å². The summed E-state index contributed by atoms with van der Waals surface area (Å²) in [6, 6.07) is 0. The fourth-order valence-electron chi connectivity index (χ4n) is 8.63. The molecule has 0 aromatic carbocycles. The molecule has 30 heavy (non-hydrogen) atoms. The zero-order valence-corrected chi connectivity index (χ0v) is 17.7. The van der Waals surface area contributed by atoms with Crippen LogP contribution in [0, 0.1) is 23.7 Å². The highest BCUT2D eigenvalue weighted by Gasteiger charge is 2.58. The van der Waals surface area contributed by atoms with Crippen LogP contribution in [0.3, 0.4) is 0 Å². The lowest BCUT2D eigenvalue weighted by Crippen LogP contribution is -2.57. The first-order chi connectivity index (χ1) is 14.7. The number of hydrogen-bond acceptors (Lipinski definition) is 4. The molecule has 0 aromatic heterocycles. The SMILES string of the molecule is O=C1CCC2=C3[C@H]4[C@@H](CCC[C@H]4C4=C5CCC(=O)C[C@H]5O[C@@H]5CCC[C@H]3[C@H]45)O[C@H]2C1. The predicted molar refractivity (Wildman–Crippen MR) is 111 cm³/mol. The van der Waals surface area contributed by atoms with Crippen molar-refractivity contribution in [2.24, 2.45) is 23.7 Å². The van der Waals surface area contributed by atoms with Crippen LogP contribution in [0.2, 0.25) is 0 Å². The molecule has 0 unspecified atom stereocenters. The van der Waals surface area contributed by atoms with Gasteiger partial charge >= 0.3 is 0 Å². The number of rotatable bonds is 0. The van der Waals surface area contributed by atoms with E-state index in [9.17, 15) is 9.59 Å². The topological polar surface area (TPSA) is 52.6 Å². The summed E-state index contributed by atoms with van der Waals surface area (Å²) in [6.07, 6.45) is 12.4. The quantitative estimate of drug-likeness (QED) is 0.555. The number of hydrogen-bond donors (Lipinski definition) is 0. The van der Waals surface area contributed by atoms with Crippen molar-refractivity contribution >= 4 is 11.6 Å². The highest BCUT2D eigenvalue weighted by atomic mass is 16.5. The summed E-state index contributed by atoms with van der Waals surface area (Å²) in [6.45, 7) is 0. The minimum Gasteiger partial charge on any atom is -0.370 e. The van der Waals surface area contributed by atoms with Crippen LogP contribution in [0.15, 0.2) is 22.3 Å². The Hall–Kier alpha value is -1.26. The summed E-state index contributed by atoms with van der Waals surface area (Å²) in [5.74, 6) is 2.98. The van der Waals surface area contributed by atoms with Gasteiger partial charge in [0.15, 0.2) is 0 Å². The third-order valence-corrected chi connectivity index (χ3v) is 9.56. The van der Waals surface area contributed by atoms with E-state index in [4.69, 9.17) is 9.47 Å². The highest BCUT2D eigenvalue weighted by molar-refractivity contribution is 5.82. The van der Waals surface area contributed by atoms with Crippen LogP contribution in [0.5, 0.6) is 0 Å². The number of carbonyl (C=O) groups is 2. The molecule has 0 radical (unpaired) electrons. The van der Waals surface area contributed by atoms with Gasteiger partial charge in [0.1, 0.15) is 11.6 Å². The lowest BCUT2D eigenvalue weighted by atomic mass is 9.50. The van der Waals surface area contributed by atoms with E-state index < -0.39 is 0 Å². The van der Waals surface area contributed by atoms with E-state index in [0.717, 1.165) is 25.7 Å². The molecule has 0 spiro atoms. The summed E-state index contributed by atoms with van der Waals surface area (Å²) in [5, 5.41) is 0. The van der Waals surface area contributed by atoms with E-state index in [0.29, 0.717) is 73.1 Å². The van der Waals surface area contributed by atoms with Gasteiger partial charge in [-0.3, -0.25) is 9.59 Å². The van der Waals surface area contributed by atoms with Gasteiger partial charge in [0.05, 0.1) is 24.4 Å². The van der Waals surface area contributed by atoms with E-state index in [1.54, 1.807) is 11.1 Å². The molecule has 0 bridgehead atoms. The van der Waals surface area contributed by atoms with Crippen LogP contribution >= 0.6 is 0 Å². The van der Waals surface area contributed by atoms with Crippen molar-refractivity contribution in [1.29, 1.82) is 0 Å². The lowest BCUT2D eigenvalue weighted by Gasteiger charge is -2.60. The standard InChI is InChI=1S/C26H32O4/c27-13-8-10-16-21(11-13)29-19-5-1-3-17-23-15-9-7-14(28)12-22(15)30-20-6-2-4-18(26(20)23)24(16)25(17)19/h17-22,25-26H,1-12H2/t17-,18+,19-,20-,21-,22+,25+,26-/m1/s1. The van der Waals surface area contributed by atoms with E-state index in [1.807, 2.05) is 0 Å². The first-order valence-electron chi connectivity index (χ1n) is 12.5. The maximum Gasteiger partial charge on any atom is 0.136 e. The molecule has 2 aliphatic heterocycles. The summed E-state index contributed by atoms with van der Waals surface area (Å²) in [4.78, 5) is 24.4. The average molecular weight is 409 g/mol. The molecule has 160 valence electrons. The molecule has 5 fully saturated rings. The molecule has 0 saturated heterocycles. The number of carbonyl (C=O) groups excluding carboxylic acids is 2. The van der Waals surface area contributed by atoms with Gasteiger partial charge in [-0.05, 0) is 61.5 Å². The fourth-order valence-corrected chi connectivity index (χ4v) is 8.63. The molecular weight excluding hydrogens is 376 g/mol. The third kappa shape index (κ3) is 2.47. The number of ketones is 2. The minimum atomic E-state index is 0.0559. The predicted octanol–water partition coefficient (Wildman–Crippen LogP) is 4.47. The molecular formula is C26H32O4. The lowest BCUT2D eigenvalue weighted by molar-refractivity contribution is -0.137. The second kappa shape index (κ2) is 6.62. The van der Waals surface area contributed by atoms with Crippen molar-refractivity contribution in [2.45, 2.75) is 101 Å². The second-order valence-electron chi connectivity index (χ2n) is 10.9. The molecule has 5 saturated carbocycles. The Morgan fingerprint density at radius 2 is 1.07 bits per heavy atom. The van der Waals surface area contributed by atoms with Crippen LogP contribution in [-0.4, -0.2) is 36.0 Å². The zero-order chi connectivity index (χ0) is 20.0. The minimum absolute atomic E-state index is 0.0559. The third-order valence-electron chi connectivity index (χ3n) is 9.56. The average Bonchev–Trinajstić information content (AvgIpc) is 2.75. The van der Waals surface area contributed by atoms with Crippen LogP contribution in [-0.2, 0) is 19.1 Å². The van der Waals surface area contributed by atoms with Gasteiger partial charge < -0.3 is 9.47 Å². The van der Waals surface area contributed by atoms with Crippen molar-refractivity contribution in [1.82, 2.24) is 0 Å². The molecule has 0 N–H and O–H groups in total. The monoisotopic (exact) mass is 408 g/mol. The van der Waals surface area contributed by atoms with E-state index in [-0.39, 0.29) is 12.2 Å². The fraction of sp³-hybridized carbons (Fsp3) is 0.769. The van der Waals surface area contributed by atoms with Gasteiger partial charge in [-0.25, -0.2) is 0 Å². The van der Waals surface area contributed by atoms with Gasteiger partial charge in [0.2, 0.25) is 0 Å². The smallest absolute Gasteiger partial charge is 0.136 e. The number of Topliss-reactive ketones (excluding diaryl/α,β-unsaturated/α-hetero) is 2. The molecule has 7 aliphatic rings. The van der Waals surface area contributed by atoms with Crippen molar-refractivity contribution in [2.75, 3.05) is 0 Å². The van der Waals surface area contributed by atoms with Gasteiger partial charge in [-0.2, -0.15) is 0 Å².